The zero-order valence-electron chi connectivity index (χ0n) is 23.3. The average molecular weight is 714 g/mol. The minimum Gasteiger partial charge on any atom is -0.391 e. The molecule has 0 aromatic carbocycles. The number of halogens is 5. The van der Waals surface area contributed by atoms with Crippen LogP contribution >= 0.6 is 58.0 Å². The van der Waals surface area contributed by atoms with Crippen molar-refractivity contribution in [3.8, 4) is 0 Å². The molecule has 6 rings (SSSR count). The van der Waals surface area contributed by atoms with Crippen molar-refractivity contribution >= 4 is 63.7 Å². The van der Waals surface area contributed by atoms with E-state index in [1.807, 2.05) is 4.90 Å². The fraction of sp³-hybridized carbons (Fsp3) is 0.538. The Balaban J connectivity index is 0.000000162. The Bertz CT molecular complexity index is 1590. The van der Waals surface area contributed by atoms with Crippen LogP contribution in [-0.2, 0) is 9.47 Å². The van der Waals surface area contributed by atoms with Gasteiger partial charge in [0.1, 0.15) is 15.1 Å². The van der Waals surface area contributed by atoms with Crippen molar-refractivity contribution in [2.75, 3.05) is 31.2 Å². The normalized spacial score (nSPS) is 21.6. The molecule has 3 aromatic heterocycles. The lowest BCUT2D eigenvalue weighted by Gasteiger charge is -2.25. The monoisotopic (exact) mass is 711 g/mol. The van der Waals surface area contributed by atoms with Crippen LogP contribution in [-0.4, -0.2) is 67.3 Å². The summed E-state index contributed by atoms with van der Waals surface area (Å²) in [6, 6.07) is 0. The van der Waals surface area contributed by atoms with Crippen molar-refractivity contribution in [2.45, 2.75) is 63.5 Å². The van der Waals surface area contributed by atoms with Crippen molar-refractivity contribution in [1.29, 1.82) is 0 Å². The summed E-state index contributed by atoms with van der Waals surface area (Å²) in [6.07, 6.45) is 9.59. The Kier molecular flexibility index (Phi) is 12.9. The smallest absolute Gasteiger partial charge is 0.290 e. The summed E-state index contributed by atoms with van der Waals surface area (Å²) in [7, 11) is 0. The van der Waals surface area contributed by atoms with Crippen molar-refractivity contribution in [3.63, 3.8) is 0 Å². The van der Waals surface area contributed by atoms with Gasteiger partial charge in [-0.25, -0.2) is 5.10 Å². The Morgan fingerprint density at radius 1 is 0.750 bits per heavy atom. The Morgan fingerprint density at radius 3 is 1.82 bits per heavy atom. The van der Waals surface area contributed by atoms with Gasteiger partial charge in [-0.3, -0.25) is 14.4 Å². The molecule has 0 saturated carbocycles. The molecular weight excluding hydrogens is 684 g/mol. The van der Waals surface area contributed by atoms with Gasteiger partial charge < -0.3 is 19.5 Å². The molecule has 0 aliphatic carbocycles. The minimum absolute atomic E-state index is 0.000778. The molecule has 6 heterocycles. The van der Waals surface area contributed by atoms with Crippen LogP contribution in [0.1, 0.15) is 57.4 Å². The molecule has 13 nitrogen and oxygen atoms in total. The second-order valence-electron chi connectivity index (χ2n) is 10.0. The molecule has 3 aromatic rings. The lowest BCUT2D eigenvalue weighted by atomic mass is 10.2. The summed E-state index contributed by atoms with van der Waals surface area (Å²) < 4.78 is 13.6. The second-order valence-corrected chi connectivity index (χ2v) is 12.0. The number of ether oxygens (including phenoxy) is 2. The number of hydrogen-bond acceptors (Lipinski definition) is 10. The van der Waals surface area contributed by atoms with Crippen molar-refractivity contribution in [1.82, 2.24) is 29.8 Å². The number of nitrogens with zero attached hydrogens (tertiary/aromatic N) is 6. The van der Waals surface area contributed by atoms with Crippen molar-refractivity contribution in [2.24, 2.45) is 0 Å². The molecule has 2 unspecified atom stereocenters. The molecule has 44 heavy (non-hydrogen) atoms. The first-order chi connectivity index (χ1) is 21.1. The highest BCUT2D eigenvalue weighted by Crippen LogP contribution is 2.27. The first-order valence-electron chi connectivity index (χ1n) is 13.8. The molecule has 240 valence electrons. The summed E-state index contributed by atoms with van der Waals surface area (Å²) in [5.41, 5.74) is -0.585. The molecule has 18 heteroatoms. The van der Waals surface area contributed by atoms with Crippen LogP contribution in [0.4, 0.5) is 5.69 Å². The Hall–Kier alpha value is -2.23. The van der Waals surface area contributed by atoms with Gasteiger partial charge in [-0.1, -0.05) is 58.0 Å². The number of β-amino-alcohol motifs (C(OH)–C–C–N with tert-alkyl or cyclic N) is 1. The zero-order valence-corrected chi connectivity index (χ0v) is 27.1. The highest BCUT2D eigenvalue weighted by atomic mass is 35.5. The molecule has 3 aliphatic heterocycles. The van der Waals surface area contributed by atoms with Crippen LogP contribution in [0.25, 0.3) is 0 Å². The summed E-state index contributed by atoms with van der Waals surface area (Å²) in [6.45, 7) is 2.48. The SMILES string of the molecule is O=c1[nH]ncc(Cl)c1Cl.O=c1c(Cl)c(Cl)cnn1C1CCCCO1.O=c1c(Cl)c(N2CC[C@@H](O)C2)cnn1C1CCCCO1. The van der Waals surface area contributed by atoms with Gasteiger partial charge in [-0.15, -0.1) is 0 Å². The molecule has 3 atom stereocenters. The maximum atomic E-state index is 12.3. The van der Waals surface area contributed by atoms with Crippen LogP contribution in [0.5, 0.6) is 0 Å². The van der Waals surface area contributed by atoms with Gasteiger partial charge in [0.15, 0.2) is 12.5 Å². The Labute approximate surface area is 276 Å². The van der Waals surface area contributed by atoms with Crippen LogP contribution in [0, 0.1) is 0 Å². The number of rotatable bonds is 3. The molecule has 3 aliphatic rings. The summed E-state index contributed by atoms with van der Waals surface area (Å²) in [5.74, 6) is 0. The lowest BCUT2D eigenvalue weighted by Crippen LogP contribution is -2.33. The van der Waals surface area contributed by atoms with E-state index < -0.39 is 11.1 Å². The molecular formula is C26H30Cl5N7O6. The van der Waals surface area contributed by atoms with Crippen LogP contribution in [0.3, 0.4) is 0 Å². The second kappa shape index (κ2) is 16.4. The minimum atomic E-state index is -0.468. The van der Waals surface area contributed by atoms with Crippen molar-refractivity contribution < 1.29 is 14.6 Å². The van der Waals surface area contributed by atoms with Crippen LogP contribution in [0.2, 0.25) is 25.1 Å². The number of H-pyrrole nitrogens is 1. The standard InChI is InChI=1S/C13H18ClN3O3.C9H10Cl2N2O2.C4H2Cl2N2O/c14-12-10(16-5-4-9(18)8-16)7-15-17(13(12)19)11-3-1-2-6-20-11;10-6-5-12-13(9(14)8(6)11)7-3-1-2-4-15-7;5-2-1-7-8-4(9)3(2)6/h7,9,11,18H,1-6,8H2;5,7H,1-4H2;1H,(H,8,9)/t9-,11?;;/m1../s1. The number of aliphatic hydroxyl groups excluding tert-OH is 1. The maximum Gasteiger partial charge on any atom is 0.290 e. The fourth-order valence-corrected chi connectivity index (χ4v) is 5.39. The van der Waals surface area contributed by atoms with E-state index in [2.05, 4.69) is 20.4 Å². The zero-order chi connectivity index (χ0) is 31.8. The molecule has 3 saturated heterocycles. The van der Waals surface area contributed by atoms with Gasteiger partial charge in [-0.05, 0) is 44.9 Å². The van der Waals surface area contributed by atoms with E-state index in [0.717, 1.165) is 38.5 Å². The predicted molar refractivity (Wildman–Crippen MR) is 167 cm³/mol. The predicted octanol–water partition coefficient (Wildman–Crippen LogP) is 4.49. The highest BCUT2D eigenvalue weighted by Gasteiger charge is 2.26. The number of aliphatic hydroxyl groups is 1. The number of anilines is 1. The van der Waals surface area contributed by atoms with Crippen LogP contribution < -0.4 is 21.6 Å². The molecule has 3 fully saturated rings. The molecule has 0 spiro atoms. The number of aromatic amines is 1. The van der Waals surface area contributed by atoms with Crippen LogP contribution in [0.15, 0.2) is 33.0 Å². The van der Waals surface area contributed by atoms with E-state index in [0.29, 0.717) is 38.4 Å². The third kappa shape index (κ3) is 8.73. The molecule has 0 amide bonds. The first kappa shape index (κ1) is 34.6. The van der Waals surface area contributed by atoms with E-state index in [1.165, 1.54) is 21.8 Å². The Morgan fingerprint density at radius 2 is 1.32 bits per heavy atom. The number of aromatic nitrogens is 6. The summed E-state index contributed by atoms with van der Waals surface area (Å²) >= 11 is 28.4. The van der Waals surface area contributed by atoms with Gasteiger partial charge in [0, 0.05) is 26.3 Å². The van der Waals surface area contributed by atoms with Gasteiger partial charge in [0.2, 0.25) is 0 Å². The third-order valence-corrected chi connectivity index (χ3v) is 8.80. The number of hydrogen-bond donors (Lipinski definition) is 2. The summed E-state index contributed by atoms with van der Waals surface area (Å²) in [5, 5.41) is 23.7. The van der Waals surface area contributed by atoms with Gasteiger partial charge >= 0.3 is 0 Å². The lowest BCUT2D eigenvalue weighted by molar-refractivity contribution is -0.0425. The molecule has 0 bridgehead atoms. The van der Waals surface area contributed by atoms with E-state index in [4.69, 9.17) is 67.5 Å². The first-order valence-corrected chi connectivity index (χ1v) is 15.7. The third-order valence-electron chi connectivity index (χ3n) is 6.94. The maximum absolute atomic E-state index is 12.3. The van der Waals surface area contributed by atoms with Gasteiger partial charge in [-0.2, -0.15) is 24.7 Å². The quantitative estimate of drug-likeness (QED) is 0.396. The molecule has 2 N–H and O–H groups in total. The topological polar surface area (TPSA) is 157 Å². The van der Waals surface area contributed by atoms with E-state index in [1.54, 1.807) is 6.20 Å². The van der Waals surface area contributed by atoms with E-state index in [-0.39, 0.29) is 49.2 Å². The highest BCUT2D eigenvalue weighted by molar-refractivity contribution is 6.42. The van der Waals surface area contributed by atoms with Gasteiger partial charge in [0.25, 0.3) is 16.7 Å². The molecule has 0 radical (unpaired) electrons. The largest absolute Gasteiger partial charge is 0.391 e. The van der Waals surface area contributed by atoms with Gasteiger partial charge in [0.05, 0.1) is 40.4 Å². The van der Waals surface area contributed by atoms with E-state index in [9.17, 15) is 19.5 Å². The van der Waals surface area contributed by atoms with Crippen molar-refractivity contribution in [3.05, 3.63) is 74.8 Å². The number of nitrogens with one attached hydrogen (secondary N) is 1. The van der Waals surface area contributed by atoms with E-state index >= 15 is 0 Å². The summed E-state index contributed by atoms with van der Waals surface area (Å²) in [4.78, 5) is 36.4. The average Bonchev–Trinajstić information content (AvgIpc) is 3.47. The fourth-order valence-electron chi connectivity index (χ4n) is 4.65.